The number of ether oxygens (including phenoxy) is 1. The van der Waals surface area contributed by atoms with Gasteiger partial charge < -0.3 is 14.7 Å². The van der Waals surface area contributed by atoms with Crippen LogP contribution in [0.5, 0.6) is 5.75 Å². The fourth-order valence-electron chi connectivity index (χ4n) is 4.06. The van der Waals surface area contributed by atoms with E-state index in [2.05, 4.69) is 10.4 Å². The Balaban J connectivity index is 1.60. The third kappa shape index (κ3) is 3.95. The average molecular weight is 432 g/mol. The van der Waals surface area contributed by atoms with Crippen LogP contribution < -0.4 is 20.1 Å². The smallest absolute Gasteiger partial charge is 0.243 e. The number of aliphatic hydroxyl groups excluding tert-OH is 1. The number of anilines is 2. The normalized spacial score (nSPS) is 21.1. The molecule has 160 valence electrons. The maximum absolute atomic E-state index is 12.8. The van der Waals surface area contributed by atoms with Crippen LogP contribution in [0.15, 0.2) is 24.4 Å². The number of nitrogens with one attached hydrogen (secondary N) is 1. The second kappa shape index (κ2) is 8.75. The van der Waals surface area contributed by atoms with Crippen molar-refractivity contribution in [3.63, 3.8) is 0 Å². The van der Waals surface area contributed by atoms with Gasteiger partial charge in [0.2, 0.25) is 11.9 Å². The summed E-state index contributed by atoms with van der Waals surface area (Å²) in [4.78, 5) is 24.1. The molecule has 4 rings (SSSR count). The van der Waals surface area contributed by atoms with Crippen LogP contribution in [-0.2, 0) is 11.3 Å². The minimum atomic E-state index is -0.0422. The third-order valence-corrected chi connectivity index (χ3v) is 6.05. The highest BCUT2D eigenvalue weighted by atomic mass is 35.5. The minimum Gasteiger partial charge on any atom is -0.495 e. The summed E-state index contributed by atoms with van der Waals surface area (Å²) in [5.41, 5.74) is 5.05. The topological polar surface area (TPSA) is 90.8 Å². The molecule has 3 heterocycles. The fraction of sp³-hybridized carbons (Fsp3) is 0.476. The molecule has 0 spiro atoms. The Morgan fingerprint density at radius 1 is 1.40 bits per heavy atom. The molecule has 1 saturated heterocycles. The van der Waals surface area contributed by atoms with Gasteiger partial charge >= 0.3 is 0 Å². The Kier molecular flexibility index (Phi) is 6.08. The quantitative estimate of drug-likeness (QED) is 0.726. The first-order valence-corrected chi connectivity index (χ1v) is 10.5. The zero-order valence-electron chi connectivity index (χ0n) is 17.1. The summed E-state index contributed by atoms with van der Waals surface area (Å²) in [6.45, 7) is 3.28. The number of aromatic nitrogens is 2. The lowest BCUT2D eigenvalue weighted by Crippen LogP contribution is -2.47. The number of hydrazine groups is 1. The molecule has 8 nitrogen and oxygen atoms in total. The van der Waals surface area contributed by atoms with Gasteiger partial charge in [0.1, 0.15) is 5.75 Å². The van der Waals surface area contributed by atoms with E-state index in [1.165, 1.54) is 5.01 Å². The molecule has 0 bridgehead atoms. The predicted octanol–water partition coefficient (Wildman–Crippen LogP) is 2.64. The van der Waals surface area contributed by atoms with Crippen molar-refractivity contribution in [1.82, 2.24) is 15.4 Å². The molecule has 1 aromatic heterocycles. The molecule has 1 unspecified atom stereocenters. The largest absolute Gasteiger partial charge is 0.495 e. The lowest BCUT2D eigenvalue weighted by molar-refractivity contribution is -0.120. The number of halogens is 1. The van der Waals surface area contributed by atoms with Gasteiger partial charge in [0.25, 0.3) is 0 Å². The van der Waals surface area contributed by atoms with Crippen LogP contribution in [-0.4, -0.2) is 47.3 Å². The first-order chi connectivity index (χ1) is 14.5. The Morgan fingerprint density at radius 3 is 2.97 bits per heavy atom. The lowest BCUT2D eigenvalue weighted by Gasteiger charge is -2.33. The number of aliphatic hydroxyl groups is 1. The SMILES string of the molecule is COc1ccc(CNN2C(=O)CC(C)c3cnc(N4CCC[C@H]4CO)nc32)cc1Cl. The average Bonchev–Trinajstić information content (AvgIpc) is 3.22. The summed E-state index contributed by atoms with van der Waals surface area (Å²) < 4.78 is 5.19. The molecule has 2 N–H and O–H groups in total. The number of methoxy groups -OCH3 is 1. The van der Waals surface area contributed by atoms with Crippen molar-refractivity contribution in [3.8, 4) is 5.75 Å². The van der Waals surface area contributed by atoms with Gasteiger partial charge in [-0.05, 0) is 36.5 Å². The molecule has 1 fully saturated rings. The molecule has 30 heavy (non-hydrogen) atoms. The van der Waals surface area contributed by atoms with E-state index in [0.717, 1.165) is 30.5 Å². The molecule has 1 aromatic carbocycles. The first kappa shape index (κ1) is 20.8. The van der Waals surface area contributed by atoms with Crippen molar-refractivity contribution in [3.05, 3.63) is 40.5 Å². The Hall–Kier alpha value is -2.42. The Morgan fingerprint density at radius 2 is 2.23 bits per heavy atom. The maximum atomic E-state index is 12.8. The number of rotatable bonds is 6. The van der Waals surface area contributed by atoms with Gasteiger partial charge in [-0.3, -0.25) is 4.79 Å². The van der Waals surface area contributed by atoms with Crippen LogP contribution in [0.25, 0.3) is 0 Å². The van der Waals surface area contributed by atoms with Crippen LogP contribution in [0.1, 0.15) is 43.2 Å². The van der Waals surface area contributed by atoms with Gasteiger partial charge in [-0.2, -0.15) is 4.98 Å². The number of nitrogens with zero attached hydrogens (tertiary/aromatic N) is 4. The standard InChI is InChI=1S/C21H26ClN5O3/c1-13-8-19(29)27(24-10-14-5-6-18(30-2)17(22)9-14)20-16(13)11-23-21(25-20)26-7-3-4-15(26)12-28/h5-6,9,11,13,15,24,28H,3-4,7-8,10,12H2,1-2H3/t13?,15-/m0/s1. The van der Waals surface area contributed by atoms with Crippen molar-refractivity contribution >= 4 is 29.3 Å². The molecule has 2 aliphatic heterocycles. The summed E-state index contributed by atoms with van der Waals surface area (Å²) in [7, 11) is 1.57. The van der Waals surface area contributed by atoms with E-state index in [-0.39, 0.29) is 24.5 Å². The number of amides is 1. The highest BCUT2D eigenvalue weighted by Gasteiger charge is 2.33. The first-order valence-electron chi connectivity index (χ1n) is 10.1. The van der Waals surface area contributed by atoms with Crippen LogP contribution in [0.4, 0.5) is 11.8 Å². The van der Waals surface area contributed by atoms with Crippen LogP contribution >= 0.6 is 11.6 Å². The highest BCUT2D eigenvalue weighted by molar-refractivity contribution is 6.32. The van der Waals surface area contributed by atoms with E-state index >= 15 is 0 Å². The van der Waals surface area contributed by atoms with E-state index < -0.39 is 0 Å². The van der Waals surface area contributed by atoms with Crippen molar-refractivity contribution in [2.24, 2.45) is 0 Å². The monoisotopic (exact) mass is 431 g/mol. The van der Waals surface area contributed by atoms with Gasteiger partial charge in [-0.25, -0.2) is 15.4 Å². The van der Waals surface area contributed by atoms with E-state index in [4.69, 9.17) is 21.3 Å². The van der Waals surface area contributed by atoms with Crippen LogP contribution in [0.2, 0.25) is 5.02 Å². The summed E-state index contributed by atoms with van der Waals surface area (Å²) >= 11 is 6.22. The van der Waals surface area contributed by atoms with Crippen molar-refractivity contribution in [2.75, 3.05) is 30.2 Å². The van der Waals surface area contributed by atoms with Crippen molar-refractivity contribution < 1.29 is 14.6 Å². The molecule has 0 aliphatic carbocycles. The number of carbonyl (C=O) groups is 1. The number of hydrogen-bond donors (Lipinski definition) is 2. The third-order valence-electron chi connectivity index (χ3n) is 5.76. The highest BCUT2D eigenvalue weighted by Crippen LogP contribution is 2.35. The molecule has 2 aromatic rings. The maximum Gasteiger partial charge on any atom is 0.243 e. The summed E-state index contributed by atoms with van der Waals surface area (Å²) in [6.07, 6.45) is 4.09. The van der Waals surface area contributed by atoms with Gasteiger partial charge in [-0.15, -0.1) is 0 Å². The van der Waals surface area contributed by atoms with Crippen molar-refractivity contribution in [1.29, 1.82) is 0 Å². The number of carbonyl (C=O) groups excluding carboxylic acids is 1. The summed E-state index contributed by atoms with van der Waals surface area (Å²) in [6, 6.07) is 5.53. The van der Waals surface area contributed by atoms with E-state index in [9.17, 15) is 9.90 Å². The Bertz CT molecular complexity index is 941. The Labute approximate surface area is 180 Å². The van der Waals surface area contributed by atoms with Crippen LogP contribution in [0, 0.1) is 0 Å². The summed E-state index contributed by atoms with van der Waals surface area (Å²) in [5.74, 6) is 1.73. The number of benzene rings is 1. The zero-order chi connectivity index (χ0) is 21.3. The summed E-state index contributed by atoms with van der Waals surface area (Å²) in [5, 5.41) is 11.7. The molecule has 2 aliphatic rings. The number of hydrogen-bond acceptors (Lipinski definition) is 7. The lowest BCUT2D eigenvalue weighted by atomic mass is 9.95. The van der Waals surface area contributed by atoms with Crippen molar-refractivity contribution in [2.45, 2.75) is 44.7 Å². The molecule has 9 heteroatoms. The van der Waals surface area contributed by atoms with E-state index in [1.807, 2.05) is 24.0 Å². The van der Waals surface area contributed by atoms with Gasteiger partial charge in [-0.1, -0.05) is 24.6 Å². The van der Waals surface area contributed by atoms with Gasteiger partial charge in [0.15, 0.2) is 5.82 Å². The second-order valence-electron chi connectivity index (χ2n) is 7.76. The number of fused-ring (bicyclic) bond motifs is 1. The van der Waals surface area contributed by atoms with Crippen LogP contribution in [0.3, 0.4) is 0 Å². The minimum absolute atomic E-state index is 0.0163. The van der Waals surface area contributed by atoms with E-state index in [1.54, 1.807) is 19.4 Å². The van der Waals surface area contributed by atoms with Gasteiger partial charge in [0.05, 0.1) is 24.8 Å². The zero-order valence-corrected chi connectivity index (χ0v) is 17.9. The molecular weight excluding hydrogens is 406 g/mol. The second-order valence-corrected chi connectivity index (χ2v) is 8.17. The molecular formula is C21H26ClN5O3. The molecule has 1 amide bonds. The van der Waals surface area contributed by atoms with Gasteiger partial charge in [0, 0.05) is 31.3 Å². The molecule has 0 saturated carbocycles. The predicted molar refractivity (Wildman–Crippen MR) is 115 cm³/mol. The molecule has 2 atom stereocenters. The molecule has 0 radical (unpaired) electrons. The fourth-order valence-corrected chi connectivity index (χ4v) is 4.34. The van der Waals surface area contributed by atoms with E-state index in [0.29, 0.717) is 35.5 Å².